The molecule has 0 aliphatic rings. The van der Waals surface area contributed by atoms with E-state index in [0.717, 1.165) is 25.8 Å². The Kier molecular flexibility index (Phi) is 12.9. The highest BCUT2D eigenvalue weighted by Crippen LogP contribution is 2.11. The van der Waals surface area contributed by atoms with Gasteiger partial charge in [-0.1, -0.05) is 59.3 Å². The van der Waals surface area contributed by atoms with E-state index in [2.05, 4.69) is 13.8 Å². The second-order valence-electron chi connectivity index (χ2n) is 6.14. The molecule has 0 N–H and O–H groups in total. The van der Waals surface area contributed by atoms with Crippen molar-refractivity contribution in [2.24, 2.45) is 5.92 Å². The SMILES string of the molecule is CCCCCCCCCC(=O)N(CCC)C[C@@H](C)C(=O)OC. The van der Waals surface area contributed by atoms with Gasteiger partial charge in [-0.25, -0.2) is 0 Å². The van der Waals surface area contributed by atoms with Crippen LogP contribution in [-0.2, 0) is 14.3 Å². The molecule has 1 amide bonds. The number of carbonyl (C=O) groups is 2. The third kappa shape index (κ3) is 9.80. The number of hydrogen-bond donors (Lipinski definition) is 0. The van der Waals surface area contributed by atoms with Crippen LogP contribution in [0.4, 0.5) is 0 Å². The van der Waals surface area contributed by atoms with E-state index in [0.29, 0.717) is 13.0 Å². The van der Waals surface area contributed by atoms with Crippen molar-refractivity contribution in [2.45, 2.75) is 78.6 Å². The van der Waals surface area contributed by atoms with Gasteiger partial charge >= 0.3 is 5.97 Å². The lowest BCUT2D eigenvalue weighted by molar-refractivity contribution is -0.146. The van der Waals surface area contributed by atoms with Gasteiger partial charge in [0.15, 0.2) is 0 Å². The van der Waals surface area contributed by atoms with Gasteiger partial charge in [0.2, 0.25) is 5.91 Å². The third-order valence-electron chi connectivity index (χ3n) is 3.94. The van der Waals surface area contributed by atoms with Crippen LogP contribution in [0, 0.1) is 5.92 Å². The maximum Gasteiger partial charge on any atom is 0.310 e. The van der Waals surface area contributed by atoms with Crippen molar-refractivity contribution < 1.29 is 14.3 Å². The summed E-state index contributed by atoms with van der Waals surface area (Å²) in [5.74, 6) is -0.328. The van der Waals surface area contributed by atoms with Crippen LogP contribution in [0.2, 0.25) is 0 Å². The molecule has 0 heterocycles. The Bertz CT molecular complexity index is 305. The molecule has 0 aromatic rings. The lowest BCUT2D eigenvalue weighted by Gasteiger charge is -2.24. The summed E-state index contributed by atoms with van der Waals surface area (Å²) in [6, 6.07) is 0. The van der Waals surface area contributed by atoms with Crippen molar-refractivity contribution >= 4 is 11.9 Å². The molecule has 0 radical (unpaired) electrons. The van der Waals surface area contributed by atoms with E-state index in [1.807, 2.05) is 11.8 Å². The number of nitrogens with zero attached hydrogens (tertiary/aromatic N) is 1. The average molecular weight is 313 g/mol. The number of carbonyl (C=O) groups excluding carboxylic acids is 2. The van der Waals surface area contributed by atoms with Crippen molar-refractivity contribution in [3.8, 4) is 0 Å². The molecule has 0 aromatic heterocycles. The van der Waals surface area contributed by atoms with Crippen molar-refractivity contribution in [1.82, 2.24) is 4.90 Å². The van der Waals surface area contributed by atoms with Gasteiger partial charge in [-0.15, -0.1) is 0 Å². The van der Waals surface area contributed by atoms with Gasteiger partial charge in [0.1, 0.15) is 0 Å². The maximum atomic E-state index is 12.3. The van der Waals surface area contributed by atoms with Crippen LogP contribution in [-0.4, -0.2) is 37.0 Å². The molecule has 0 fully saturated rings. The summed E-state index contributed by atoms with van der Waals surface area (Å²) in [6.07, 6.45) is 9.98. The summed E-state index contributed by atoms with van der Waals surface area (Å²) < 4.78 is 4.74. The fraction of sp³-hybridized carbons (Fsp3) is 0.889. The lowest BCUT2D eigenvalue weighted by Crippen LogP contribution is -2.37. The predicted molar refractivity (Wildman–Crippen MR) is 90.7 cm³/mol. The maximum absolute atomic E-state index is 12.3. The van der Waals surface area contributed by atoms with Crippen LogP contribution in [0.5, 0.6) is 0 Å². The van der Waals surface area contributed by atoms with Crippen molar-refractivity contribution in [3.05, 3.63) is 0 Å². The molecule has 4 heteroatoms. The van der Waals surface area contributed by atoms with Crippen molar-refractivity contribution in [3.63, 3.8) is 0 Å². The smallest absolute Gasteiger partial charge is 0.310 e. The summed E-state index contributed by atoms with van der Waals surface area (Å²) >= 11 is 0. The van der Waals surface area contributed by atoms with Crippen molar-refractivity contribution in [2.75, 3.05) is 20.2 Å². The number of rotatable bonds is 13. The molecule has 22 heavy (non-hydrogen) atoms. The van der Waals surface area contributed by atoms with E-state index in [-0.39, 0.29) is 17.8 Å². The first-order valence-corrected chi connectivity index (χ1v) is 8.92. The number of ether oxygens (including phenoxy) is 1. The Morgan fingerprint density at radius 2 is 1.55 bits per heavy atom. The molecular weight excluding hydrogens is 278 g/mol. The van der Waals surface area contributed by atoms with E-state index in [1.165, 1.54) is 39.2 Å². The highest BCUT2D eigenvalue weighted by atomic mass is 16.5. The van der Waals surface area contributed by atoms with E-state index in [9.17, 15) is 9.59 Å². The monoisotopic (exact) mass is 313 g/mol. The Labute approximate surface area is 136 Å². The molecule has 0 saturated heterocycles. The largest absolute Gasteiger partial charge is 0.469 e. The fourth-order valence-corrected chi connectivity index (χ4v) is 2.59. The topological polar surface area (TPSA) is 46.6 Å². The zero-order chi connectivity index (χ0) is 16.8. The Hall–Kier alpha value is -1.06. The number of methoxy groups -OCH3 is 1. The summed E-state index contributed by atoms with van der Waals surface area (Å²) in [5.41, 5.74) is 0. The first kappa shape index (κ1) is 20.9. The zero-order valence-corrected chi connectivity index (χ0v) is 15.0. The quantitative estimate of drug-likeness (QED) is 0.378. The summed E-state index contributed by atoms with van der Waals surface area (Å²) in [4.78, 5) is 25.6. The minimum Gasteiger partial charge on any atom is -0.469 e. The number of amides is 1. The average Bonchev–Trinajstić information content (AvgIpc) is 2.52. The highest BCUT2D eigenvalue weighted by Gasteiger charge is 2.20. The van der Waals surface area contributed by atoms with Gasteiger partial charge < -0.3 is 9.64 Å². The van der Waals surface area contributed by atoms with Gasteiger partial charge in [-0.05, 0) is 12.8 Å². The Morgan fingerprint density at radius 1 is 0.955 bits per heavy atom. The number of unbranched alkanes of at least 4 members (excludes halogenated alkanes) is 6. The van der Waals surface area contributed by atoms with Gasteiger partial charge in [0.05, 0.1) is 13.0 Å². The lowest BCUT2D eigenvalue weighted by atomic mass is 10.1. The van der Waals surface area contributed by atoms with E-state index in [4.69, 9.17) is 4.74 Å². The van der Waals surface area contributed by atoms with E-state index >= 15 is 0 Å². The van der Waals surface area contributed by atoms with E-state index in [1.54, 1.807) is 0 Å². The molecule has 0 aliphatic heterocycles. The third-order valence-corrected chi connectivity index (χ3v) is 3.94. The zero-order valence-electron chi connectivity index (χ0n) is 15.0. The van der Waals surface area contributed by atoms with Crippen molar-refractivity contribution in [1.29, 1.82) is 0 Å². The minimum atomic E-state index is -0.255. The van der Waals surface area contributed by atoms with E-state index < -0.39 is 0 Å². The molecule has 0 aromatic carbocycles. The van der Waals surface area contributed by atoms with Gasteiger partial charge in [-0.2, -0.15) is 0 Å². The normalized spacial score (nSPS) is 12.0. The predicted octanol–water partition coefficient (Wildman–Crippen LogP) is 4.17. The fourth-order valence-electron chi connectivity index (χ4n) is 2.59. The molecule has 130 valence electrons. The minimum absolute atomic E-state index is 0.172. The summed E-state index contributed by atoms with van der Waals surface area (Å²) in [5, 5.41) is 0. The number of hydrogen-bond acceptors (Lipinski definition) is 3. The first-order chi connectivity index (χ1) is 10.6. The molecule has 0 spiro atoms. The Balaban J connectivity index is 4.01. The highest BCUT2D eigenvalue weighted by molar-refractivity contribution is 5.77. The molecule has 0 aliphatic carbocycles. The Morgan fingerprint density at radius 3 is 2.09 bits per heavy atom. The van der Waals surface area contributed by atoms with Crippen LogP contribution in [0.25, 0.3) is 0 Å². The standard InChI is InChI=1S/C18H35NO3/c1-5-7-8-9-10-11-12-13-17(20)19(14-6-2)15-16(3)18(21)22-4/h16H,5-15H2,1-4H3/t16-/m1/s1. The first-order valence-electron chi connectivity index (χ1n) is 8.92. The van der Waals surface area contributed by atoms with Gasteiger partial charge in [0, 0.05) is 19.5 Å². The molecule has 0 saturated carbocycles. The van der Waals surface area contributed by atoms with Gasteiger partial charge in [0.25, 0.3) is 0 Å². The number of esters is 1. The summed E-state index contributed by atoms with van der Waals surface area (Å²) in [7, 11) is 1.39. The van der Waals surface area contributed by atoms with Crippen LogP contribution in [0.15, 0.2) is 0 Å². The molecule has 0 unspecified atom stereocenters. The molecule has 0 bridgehead atoms. The molecule has 4 nitrogen and oxygen atoms in total. The van der Waals surface area contributed by atoms with Crippen LogP contribution < -0.4 is 0 Å². The second-order valence-corrected chi connectivity index (χ2v) is 6.14. The molecular formula is C18H35NO3. The van der Waals surface area contributed by atoms with Crippen LogP contribution >= 0.6 is 0 Å². The molecule has 0 rings (SSSR count). The molecule has 1 atom stereocenters. The summed E-state index contributed by atoms with van der Waals surface area (Å²) in [6.45, 7) is 7.27. The van der Waals surface area contributed by atoms with Gasteiger partial charge in [-0.3, -0.25) is 9.59 Å². The second kappa shape index (κ2) is 13.6. The van der Waals surface area contributed by atoms with Crippen LogP contribution in [0.1, 0.15) is 78.6 Å². The van der Waals surface area contributed by atoms with Crippen LogP contribution in [0.3, 0.4) is 0 Å².